The van der Waals surface area contributed by atoms with Gasteiger partial charge < -0.3 is 9.47 Å². The molecule has 0 saturated heterocycles. The zero-order valence-corrected chi connectivity index (χ0v) is 8.07. The third-order valence-electron chi connectivity index (χ3n) is 1.58. The SMILES string of the molecule is C.C/C=C\CC(C(=O)OC)C(=O)OC. The summed E-state index contributed by atoms with van der Waals surface area (Å²) >= 11 is 0. The Labute approximate surface area is 84.9 Å². The summed E-state index contributed by atoms with van der Waals surface area (Å²) < 4.78 is 8.92. The van der Waals surface area contributed by atoms with E-state index in [0.29, 0.717) is 6.42 Å². The van der Waals surface area contributed by atoms with Crippen LogP contribution in [0.3, 0.4) is 0 Å². The highest BCUT2D eigenvalue weighted by molar-refractivity contribution is 5.94. The van der Waals surface area contributed by atoms with Crippen molar-refractivity contribution in [1.82, 2.24) is 0 Å². The zero-order chi connectivity index (χ0) is 10.3. The highest BCUT2D eigenvalue weighted by Crippen LogP contribution is 2.08. The lowest BCUT2D eigenvalue weighted by Crippen LogP contribution is -2.25. The van der Waals surface area contributed by atoms with Gasteiger partial charge in [0.15, 0.2) is 5.92 Å². The van der Waals surface area contributed by atoms with Crippen LogP contribution < -0.4 is 0 Å². The Hall–Kier alpha value is -1.32. The van der Waals surface area contributed by atoms with Crippen LogP contribution in [0.5, 0.6) is 0 Å². The normalized spacial score (nSPS) is 9.71. The largest absolute Gasteiger partial charge is 0.468 e. The van der Waals surface area contributed by atoms with Crippen molar-refractivity contribution in [3.63, 3.8) is 0 Å². The maximum atomic E-state index is 11.1. The number of allylic oxidation sites excluding steroid dienone is 2. The number of rotatable bonds is 4. The van der Waals surface area contributed by atoms with Crippen molar-refractivity contribution in [2.24, 2.45) is 5.92 Å². The fourth-order valence-corrected chi connectivity index (χ4v) is 0.845. The van der Waals surface area contributed by atoms with E-state index in [1.165, 1.54) is 14.2 Å². The van der Waals surface area contributed by atoms with E-state index in [2.05, 4.69) is 9.47 Å². The second-order valence-corrected chi connectivity index (χ2v) is 2.40. The van der Waals surface area contributed by atoms with Gasteiger partial charge in [0.1, 0.15) is 0 Å². The molecular formula is C10H18O4. The summed E-state index contributed by atoms with van der Waals surface area (Å²) in [5, 5.41) is 0. The Balaban J connectivity index is 0. The number of hydrogen-bond acceptors (Lipinski definition) is 4. The van der Waals surface area contributed by atoms with E-state index in [1.54, 1.807) is 12.2 Å². The molecule has 0 heterocycles. The van der Waals surface area contributed by atoms with E-state index < -0.39 is 17.9 Å². The van der Waals surface area contributed by atoms with Crippen molar-refractivity contribution >= 4 is 11.9 Å². The van der Waals surface area contributed by atoms with Gasteiger partial charge in [0.05, 0.1) is 14.2 Å². The highest BCUT2D eigenvalue weighted by Gasteiger charge is 2.26. The number of carbonyl (C=O) groups excluding carboxylic acids is 2. The Morgan fingerprint density at radius 2 is 1.64 bits per heavy atom. The van der Waals surface area contributed by atoms with Crippen LogP contribution in [0.4, 0.5) is 0 Å². The smallest absolute Gasteiger partial charge is 0.320 e. The van der Waals surface area contributed by atoms with Gasteiger partial charge in [-0.2, -0.15) is 0 Å². The molecule has 0 N–H and O–H groups in total. The van der Waals surface area contributed by atoms with Crippen molar-refractivity contribution in [2.75, 3.05) is 14.2 Å². The van der Waals surface area contributed by atoms with Gasteiger partial charge in [0.2, 0.25) is 0 Å². The Morgan fingerprint density at radius 1 is 1.21 bits per heavy atom. The molecule has 0 radical (unpaired) electrons. The molecule has 0 fully saturated rings. The Kier molecular flexibility index (Phi) is 8.98. The maximum absolute atomic E-state index is 11.1. The molecule has 0 atom stereocenters. The number of ether oxygens (including phenoxy) is 2. The summed E-state index contributed by atoms with van der Waals surface area (Å²) in [5.41, 5.74) is 0. The molecule has 0 aliphatic rings. The van der Waals surface area contributed by atoms with Crippen LogP contribution in [-0.2, 0) is 19.1 Å². The number of carbonyl (C=O) groups is 2. The van der Waals surface area contributed by atoms with E-state index in [1.807, 2.05) is 6.92 Å². The quantitative estimate of drug-likeness (QED) is 0.394. The predicted molar refractivity (Wildman–Crippen MR) is 53.7 cm³/mol. The number of hydrogen-bond donors (Lipinski definition) is 0. The summed E-state index contributed by atoms with van der Waals surface area (Å²) in [5.74, 6) is -1.97. The van der Waals surface area contributed by atoms with E-state index in [0.717, 1.165) is 0 Å². The van der Waals surface area contributed by atoms with E-state index in [9.17, 15) is 9.59 Å². The van der Waals surface area contributed by atoms with Crippen LogP contribution in [-0.4, -0.2) is 26.2 Å². The topological polar surface area (TPSA) is 52.6 Å². The van der Waals surface area contributed by atoms with Crippen LogP contribution in [0.25, 0.3) is 0 Å². The molecule has 0 aliphatic carbocycles. The van der Waals surface area contributed by atoms with E-state index >= 15 is 0 Å². The summed E-state index contributed by atoms with van der Waals surface area (Å²) in [4.78, 5) is 22.1. The first-order chi connectivity index (χ1) is 6.17. The molecule has 0 aromatic carbocycles. The lowest BCUT2D eigenvalue weighted by molar-refractivity contribution is -0.158. The van der Waals surface area contributed by atoms with Gasteiger partial charge in [-0.1, -0.05) is 19.6 Å². The van der Waals surface area contributed by atoms with Gasteiger partial charge in [-0.3, -0.25) is 9.59 Å². The standard InChI is InChI=1S/C9H14O4.CH4/c1-4-5-6-7(8(10)12-2)9(11)13-3;/h4-5,7H,6H2,1-3H3;1H4/b5-4-;. The van der Waals surface area contributed by atoms with Crippen LogP contribution in [0, 0.1) is 5.92 Å². The lowest BCUT2D eigenvalue weighted by atomic mass is 10.1. The second kappa shape index (κ2) is 8.29. The fraction of sp³-hybridized carbons (Fsp3) is 0.600. The van der Waals surface area contributed by atoms with Crippen molar-refractivity contribution < 1.29 is 19.1 Å². The summed E-state index contributed by atoms with van der Waals surface area (Å²) in [7, 11) is 2.49. The molecule has 0 saturated carbocycles. The molecule has 4 nitrogen and oxygen atoms in total. The molecule has 0 unspecified atom stereocenters. The minimum Gasteiger partial charge on any atom is -0.468 e. The monoisotopic (exact) mass is 202 g/mol. The van der Waals surface area contributed by atoms with Crippen LogP contribution in [0.1, 0.15) is 20.8 Å². The highest BCUT2D eigenvalue weighted by atomic mass is 16.5. The van der Waals surface area contributed by atoms with Crippen LogP contribution >= 0.6 is 0 Å². The first kappa shape index (κ1) is 15.2. The van der Waals surface area contributed by atoms with Crippen LogP contribution in [0.2, 0.25) is 0 Å². The minimum absolute atomic E-state index is 0. The van der Waals surface area contributed by atoms with Crippen molar-refractivity contribution in [1.29, 1.82) is 0 Å². The molecular weight excluding hydrogens is 184 g/mol. The van der Waals surface area contributed by atoms with Gasteiger partial charge in [0, 0.05) is 0 Å². The predicted octanol–water partition coefficient (Wildman–Crippen LogP) is 1.55. The first-order valence-corrected chi connectivity index (χ1v) is 3.94. The van der Waals surface area contributed by atoms with Gasteiger partial charge in [-0.05, 0) is 13.3 Å². The molecule has 0 aliphatic heterocycles. The average molecular weight is 202 g/mol. The average Bonchev–Trinajstić information content (AvgIpc) is 2.17. The molecule has 0 aromatic heterocycles. The Bertz CT molecular complexity index is 192. The van der Waals surface area contributed by atoms with E-state index in [-0.39, 0.29) is 7.43 Å². The summed E-state index contributed by atoms with van der Waals surface area (Å²) in [6, 6.07) is 0. The lowest BCUT2D eigenvalue weighted by Gasteiger charge is -2.09. The molecule has 4 heteroatoms. The molecule has 0 spiro atoms. The zero-order valence-electron chi connectivity index (χ0n) is 8.07. The van der Waals surface area contributed by atoms with Gasteiger partial charge >= 0.3 is 11.9 Å². The molecule has 0 bridgehead atoms. The first-order valence-electron chi connectivity index (χ1n) is 3.94. The van der Waals surface area contributed by atoms with Crippen molar-refractivity contribution in [3.05, 3.63) is 12.2 Å². The summed E-state index contributed by atoms with van der Waals surface area (Å²) in [6.07, 6.45) is 3.80. The molecule has 0 amide bonds. The maximum Gasteiger partial charge on any atom is 0.320 e. The van der Waals surface area contributed by atoms with Gasteiger partial charge in [0.25, 0.3) is 0 Å². The fourth-order valence-electron chi connectivity index (χ4n) is 0.845. The van der Waals surface area contributed by atoms with Crippen molar-refractivity contribution in [3.8, 4) is 0 Å². The third kappa shape index (κ3) is 4.64. The molecule has 82 valence electrons. The Morgan fingerprint density at radius 3 is 1.93 bits per heavy atom. The molecule has 0 aromatic rings. The van der Waals surface area contributed by atoms with Gasteiger partial charge in [-0.15, -0.1) is 0 Å². The van der Waals surface area contributed by atoms with E-state index in [4.69, 9.17) is 0 Å². The number of esters is 2. The van der Waals surface area contributed by atoms with Gasteiger partial charge in [-0.25, -0.2) is 0 Å². The van der Waals surface area contributed by atoms with Crippen molar-refractivity contribution in [2.45, 2.75) is 20.8 Å². The molecule has 14 heavy (non-hydrogen) atoms. The number of methoxy groups -OCH3 is 2. The minimum atomic E-state index is -0.841. The second-order valence-electron chi connectivity index (χ2n) is 2.40. The van der Waals surface area contributed by atoms with Crippen LogP contribution in [0.15, 0.2) is 12.2 Å². The third-order valence-corrected chi connectivity index (χ3v) is 1.58. The summed E-state index contributed by atoms with van der Waals surface area (Å²) in [6.45, 7) is 1.81. The molecule has 0 rings (SSSR count).